The minimum Gasteiger partial charge on any atom is -0.491 e. The molecular formula is C29H32N6O4S. The zero-order valence-corrected chi connectivity index (χ0v) is 23.6. The summed E-state index contributed by atoms with van der Waals surface area (Å²) in [6.45, 7) is 11.0. The van der Waals surface area contributed by atoms with E-state index in [4.69, 9.17) is 24.7 Å². The maximum Gasteiger partial charge on any atom is 0.325 e. The van der Waals surface area contributed by atoms with Gasteiger partial charge in [-0.1, -0.05) is 55.5 Å². The summed E-state index contributed by atoms with van der Waals surface area (Å²) in [5.41, 5.74) is 8.87. The number of nitrogens with zero attached hydrogens (tertiary/aromatic N) is 5. The lowest BCUT2D eigenvalue weighted by Crippen LogP contribution is -2.38. The summed E-state index contributed by atoms with van der Waals surface area (Å²) in [7, 11) is 0. The smallest absolute Gasteiger partial charge is 0.325 e. The van der Waals surface area contributed by atoms with Gasteiger partial charge in [0.1, 0.15) is 18.1 Å². The van der Waals surface area contributed by atoms with Crippen LogP contribution in [0.15, 0.2) is 59.3 Å². The highest BCUT2D eigenvalue weighted by molar-refractivity contribution is 7.24. The number of morpholine rings is 1. The number of carbonyl (C=O) groups is 1. The SMILES string of the molecule is CC(C)(C)c1cc(N(C(N)=O)c2ccc(-c3cn4c(n3)sc3c(OCCN5CCOCC5)cccc34)cc2)no1. The van der Waals surface area contributed by atoms with E-state index >= 15 is 0 Å². The number of aromatic nitrogens is 3. The van der Waals surface area contributed by atoms with Gasteiger partial charge in [-0.3, -0.25) is 9.30 Å². The minimum absolute atomic E-state index is 0.244. The van der Waals surface area contributed by atoms with E-state index in [9.17, 15) is 4.79 Å². The van der Waals surface area contributed by atoms with Crippen molar-refractivity contribution in [1.82, 2.24) is 19.4 Å². The van der Waals surface area contributed by atoms with Gasteiger partial charge in [0.2, 0.25) is 0 Å². The molecular weight excluding hydrogens is 528 g/mol. The molecule has 1 aliphatic rings. The van der Waals surface area contributed by atoms with Gasteiger partial charge in [-0.25, -0.2) is 14.7 Å². The molecule has 2 amide bonds. The van der Waals surface area contributed by atoms with Crippen LogP contribution in [0.1, 0.15) is 26.5 Å². The van der Waals surface area contributed by atoms with Crippen molar-refractivity contribution >= 4 is 44.1 Å². The fourth-order valence-electron chi connectivity index (χ4n) is 4.74. The predicted octanol–water partition coefficient (Wildman–Crippen LogP) is 5.43. The van der Waals surface area contributed by atoms with Gasteiger partial charge in [0.15, 0.2) is 10.8 Å². The van der Waals surface area contributed by atoms with Gasteiger partial charge < -0.3 is 19.7 Å². The lowest BCUT2D eigenvalue weighted by molar-refractivity contribution is 0.0323. The number of rotatable bonds is 7. The van der Waals surface area contributed by atoms with E-state index in [0.29, 0.717) is 23.9 Å². The minimum atomic E-state index is -0.640. The molecule has 3 aromatic heterocycles. The molecule has 0 unspecified atom stereocenters. The van der Waals surface area contributed by atoms with E-state index < -0.39 is 6.03 Å². The van der Waals surface area contributed by atoms with Crippen molar-refractivity contribution in [3.8, 4) is 17.0 Å². The van der Waals surface area contributed by atoms with Crippen LogP contribution in [0.4, 0.5) is 16.3 Å². The van der Waals surface area contributed by atoms with Crippen LogP contribution in [0.3, 0.4) is 0 Å². The number of ether oxygens (including phenoxy) is 2. The first-order valence-electron chi connectivity index (χ1n) is 13.3. The predicted molar refractivity (Wildman–Crippen MR) is 156 cm³/mol. The van der Waals surface area contributed by atoms with Gasteiger partial charge in [-0.05, 0) is 24.3 Å². The summed E-state index contributed by atoms with van der Waals surface area (Å²) in [6.07, 6.45) is 2.03. The molecule has 0 saturated carbocycles. The van der Waals surface area contributed by atoms with Crippen molar-refractivity contribution in [1.29, 1.82) is 0 Å². The molecule has 0 aliphatic carbocycles. The monoisotopic (exact) mass is 560 g/mol. The third-order valence-electron chi connectivity index (χ3n) is 6.96. The van der Waals surface area contributed by atoms with Gasteiger partial charge in [0.25, 0.3) is 0 Å². The Bertz CT molecular complexity index is 1640. The number of carbonyl (C=O) groups excluding carboxylic acids is 1. The van der Waals surface area contributed by atoms with Gasteiger partial charge in [-0.15, -0.1) is 0 Å². The third kappa shape index (κ3) is 5.15. The van der Waals surface area contributed by atoms with Crippen LogP contribution in [-0.2, 0) is 10.2 Å². The van der Waals surface area contributed by atoms with E-state index in [1.165, 1.54) is 4.90 Å². The maximum absolute atomic E-state index is 12.3. The highest BCUT2D eigenvalue weighted by atomic mass is 32.1. The van der Waals surface area contributed by atoms with Crippen LogP contribution in [0, 0.1) is 0 Å². The molecule has 0 atom stereocenters. The molecule has 2 aromatic carbocycles. The number of anilines is 2. The van der Waals surface area contributed by atoms with Crippen LogP contribution < -0.4 is 15.4 Å². The third-order valence-corrected chi connectivity index (χ3v) is 8.05. The molecule has 5 aromatic rings. The highest BCUT2D eigenvalue weighted by Crippen LogP contribution is 2.36. The Morgan fingerprint density at radius 2 is 1.93 bits per heavy atom. The summed E-state index contributed by atoms with van der Waals surface area (Å²) >= 11 is 1.61. The lowest BCUT2D eigenvalue weighted by Gasteiger charge is -2.26. The molecule has 1 aliphatic heterocycles. The molecule has 40 heavy (non-hydrogen) atoms. The van der Waals surface area contributed by atoms with Crippen LogP contribution in [0.2, 0.25) is 0 Å². The first-order chi connectivity index (χ1) is 19.3. The van der Waals surface area contributed by atoms with Gasteiger partial charge in [0.05, 0.1) is 34.8 Å². The number of benzene rings is 2. The fourth-order valence-corrected chi connectivity index (χ4v) is 5.81. The number of imidazole rings is 1. The second-order valence-electron chi connectivity index (χ2n) is 10.8. The van der Waals surface area contributed by atoms with Crippen LogP contribution in [0.25, 0.3) is 26.4 Å². The fraction of sp³-hybridized carbons (Fsp3) is 0.345. The lowest BCUT2D eigenvalue weighted by atomic mass is 9.93. The zero-order chi connectivity index (χ0) is 27.9. The van der Waals surface area contributed by atoms with Crippen molar-refractivity contribution in [3.63, 3.8) is 0 Å². The van der Waals surface area contributed by atoms with Crippen molar-refractivity contribution in [2.24, 2.45) is 5.73 Å². The Balaban J connectivity index is 1.22. The van der Waals surface area contributed by atoms with E-state index in [2.05, 4.69) is 20.5 Å². The second kappa shape index (κ2) is 10.6. The summed E-state index contributed by atoms with van der Waals surface area (Å²) in [4.78, 5) is 21.8. The average molecular weight is 561 g/mol. The summed E-state index contributed by atoms with van der Waals surface area (Å²) in [6, 6.07) is 14.7. The average Bonchev–Trinajstić information content (AvgIpc) is 3.65. The molecule has 2 N–H and O–H groups in total. The number of fused-ring (bicyclic) bond motifs is 3. The topological polar surface area (TPSA) is 111 Å². The Labute approximate surface area is 235 Å². The first-order valence-corrected chi connectivity index (χ1v) is 14.1. The molecule has 11 heteroatoms. The molecule has 0 radical (unpaired) electrons. The maximum atomic E-state index is 12.3. The molecule has 208 valence electrons. The zero-order valence-electron chi connectivity index (χ0n) is 22.8. The van der Waals surface area contributed by atoms with E-state index in [-0.39, 0.29) is 5.41 Å². The van der Waals surface area contributed by atoms with Crippen LogP contribution >= 0.6 is 11.3 Å². The van der Waals surface area contributed by atoms with Gasteiger partial charge in [0, 0.05) is 42.9 Å². The molecule has 10 nitrogen and oxygen atoms in total. The molecule has 4 heterocycles. The summed E-state index contributed by atoms with van der Waals surface area (Å²) in [5, 5.41) is 4.08. The van der Waals surface area contributed by atoms with Crippen molar-refractivity contribution in [2.45, 2.75) is 26.2 Å². The second-order valence-corrected chi connectivity index (χ2v) is 11.8. The van der Waals surface area contributed by atoms with Crippen molar-refractivity contribution in [2.75, 3.05) is 44.4 Å². The van der Waals surface area contributed by atoms with Crippen molar-refractivity contribution in [3.05, 3.63) is 60.5 Å². The number of hydrogen-bond donors (Lipinski definition) is 1. The standard InChI is InChI=1S/C29H32N6O4S/c1-29(2,3)24-17-25(32-39-24)35(27(30)36)20-9-7-19(8-10-20)21-18-34-22-5-4-6-23(26(22)40-28(34)31-21)38-16-13-33-11-14-37-15-12-33/h4-10,17-18H,11-16H2,1-3H3,(H2,30,36). The highest BCUT2D eigenvalue weighted by Gasteiger charge is 2.25. The van der Waals surface area contributed by atoms with E-state index in [0.717, 1.165) is 65.0 Å². The van der Waals surface area contributed by atoms with Crippen LogP contribution in [-0.4, -0.2) is 64.9 Å². The molecule has 0 spiro atoms. The largest absolute Gasteiger partial charge is 0.491 e. The molecule has 0 bridgehead atoms. The van der Waals surface area contributed by atoms with Gasteiger partial charge in [-0.2, -0.15) is 0 Å². The number of amides is 2. The molecule has 1 fully saturated rings. The molecule has 1 saturated heterocycles. The number of nitrogens with two attached hydrogens (primary N) is 1. The number of thiazole rings is 1. The normalized spacial score (nSPS) is 14.7. The molecule has 6 rings (SSSR count). The number of primary amides is 1. The Kier molecular flexibility index (Phi) is 6.95. The van der Waals surface area contributed by atoms with Crippen LogP contribution in [0.5, 0.6) is 5.75 Å². The van der Waals surface area contributed by atoms with E-state index in [1.807, 2.05) is 63.4 Å². The number of hydrogen-bond acceptors (Lipinski definition) is 8. The quantitative estimate of drug-likeness (QED) is 0.283. The Morgan fingerprint density at radius 3 is 2.62 bits per heavy atom. The Hall–Kier alpha value is -3.93. The Morgan fingerprint density at radius 1 is 1.15 bits per heavy atom. The van der Waals surface area contributed by atoms with Gasteiger partial charge >= 0.3 is 6.03 Å². The van der Waals surface area contributed by atoms with Crippen molar-refractivity contribution < 1.29 is 18.8 Å². The van der Waals surface area contributed by atoms with E-state index in [1.54, 1.807) is 17.4 Å². The summed E-state index contributed by atoms with van der Waals surface area (Å²) < 4.78 is 20.2. The number of urea groups is 1. The summed E-state index contributed by atoms with van der Waals surface area (Å²) in [5.74, 6) is 1.89. The first kappa shape index (κ1) is 26.3.